The first kappa shape index (κ1) is 18.2. The summed E-state index contributed by atoms with van der Waals surface area (Å²) >= 11 is 5.70. The van der Waals surface area contributed by atoms with Crippen LogP contribution in [0.2, 0.25) is 0 Å². The van der Waals surface area contributed by atoms with Crippen LogP contribution < -0.4 is 15.5 Å². The highest BCUT2D eigenvalue weighted by atomic mass is 32.1. The van der Waals surface area contributed by atoms with Crippen molar-refractivity contribution in [1.29, 1.82) is 0 Å². The lowest BCUT2D eigenvalue weighted by Gasteiger charge is -2.28. The van der Waals surface area contributed by atoms with Crippen molar-refractivity contribution in [3.05, 3.63) is 78.4 Å². The average molecular weight is 392 g/mol. The molecule has 1 aromatic carbocycles. The van der Waals surface area contributed by atoms with E-state index in [1.54, 1.807) is 6.20 Å². The molecule has 1 aliphatic rings. The number of carbonyl (C=O) groups excluding carboxylic acids is 1. The maximum Gasteiger partial charge on any atom is 0.221 e. The van der Waals surface area contributed by atoms with E-state index in [1.807, 2.05) is 61.8 Å². The number of nitrogens with zero attached hydrogens (tertiary/aromatic N) is 3. The van der Waals surface area contributed by atoms with Crippen LogP contribution in [0.15, 0.2) is 67.0 Å². The van der Waals surface area contributed by atoms with Crippen LogP contribution in [0.5, 0.6) is 0 Å². The molecule has 0 saturated carbocycles. The second-order valence-corrected chi connectivity index (χ2v) is 7.16. The van der Waals surface area contributed by atoms with E-state index >= 15 is 0 Å². The van der Waals surface area contributed by atoms with E-state index in [0.717, 1.165) is 22.8 Å². The molecule has 7 heteroatoms. The Morgan fingerprint density at radius 1 is 1.14 bits per heavy atom. The summed E-state index contributed by atoms with van der Waals surface area (Å²) in [6.07, 6.45) is 3.83. The van der Waals surface area contributed by atoms with E-state index in [9.17, 15) is 4.79 Å². The fraction of sp³-hybridized carbons (Fsp3) is 0.190. The number of aryl methyl sites for hydroxylation is 1. The van der Waals surface area contributed by atoms with E-state index in [4.69, 9.17) is 12.2 Å². The van der Waals surface area contributed by atoms with Gasteiger partial charge in [-0.1, -0.05) is 6.07 Å². The quantitative estimate of drug-likeness (QED) is 0.666. The van der Waals surface area contributed by atoms with E-state index in [0.29, 0.717) is 5.11 Å². The molecule has 1 aliphatic heterocycles. The number of amides is 1. The van der Waals surface area contributed by atoms with Gasteiger partial charge in [-0.2, -0.15) is 0 Å². The lowest BCUT2D eigenvalue weighted by Crippen LogP contribution is -2.30. The van der Waals surface area contributed by atoms with Gasteiger partial charge in [0.2, 0.25) is 5.91 Å². The number of thiocarbonyl (C=S) groups is 1. The SMILES string of the molecule is CC(=O)Nc1ccc(N2C(=S)N[C@H](c3ccccn3)[C@H]2c2cccn2C)cc1. The van der Waals surface area contributed by atoms with Crippen molar-refractivity contribution < 1.29 is 4.79 Å². The Kier molecular flexibility index (Phi) is 4.83. The lowest BCUT2D eigenvalue weighted by atomic mass is 10.0. The van der Waals surface area contributed by atoms with Crippen molar-refractivity contribution in [3.8, 4) is 0 Å². The molecule has 2 N–H and O–H groups in total. The molecule has 0 radical (unpaired) electrons. The van der Waals surface area contributed by atoms with Gasteiger partial charge < -0.3 is 20.1 Å². The third-order valence-corrected chi connectivity index (χ3v) is 5.17. The fourth-order valence-electron chi connectivity index (χ4n) is 3.62. The number of pyridine rings is 1. The normalized spacial score (nSPS) is 18.8. The third kappa shape index (κ3) is 3.36. The van der Waals surface area contributed by atoms with Crippen LogP contribution in [0.25, 0.3) is 0 Å². The molecule has 6 nitrogen and oxygen atoms in total. The molecule has 0 unspecified atom stereocenters. The summed E-state index contributed by atoms with van der Waals surface area (Å²) in [4.78, 5) is 18.0. The highest BCUT2D eigenvalue weighted by molar-refractivity contribution is 7.80. The summed E-state index contributed by atoms with van der Waals surface area (Å²) in [5.41, 5.74) is 3.78. The molecule has 3 heterocycles. The molecular weight excluding hydrogens is 370 g/mol. The van der Waals surface area contributed by atoms with Crippen LogP contribution in [-0.4, -0.2) is 20.6 Å². The van der Waals surface area contributed by atoms with Crippen LogP contribution in [0.4, 0.5) is 11.4 Å². The van der Waals surface area contributed by atoms with Gasteiger partial charge in [0.1, 0.15) is 6.04 Å². The molecular formula is C21H21N5OS. The second kappa shape index (κ2) is 7.44. The lowest BCUT2D eigenvalue weighted by molar-refractivity contribution is -0.114. The number of aromatic nitrogens is 2. The number of nitrogens with one attached hydrogen (secondary N) is 2. The van der Waals surface area contributed by atoms with Crippen molar-refractivity contribution in [3.63, 3.8) is 0 Å². The Hall–Kier alpha value is -3.19. The summed E-state index contributed by atoms with van der Waals surface area (Å²) in [5.74, 6) is -0.0944. The molecule has 1 saturated heterocycles. The molecule has 28 heavy (non-hydrogen) atoms. The van der Waals surface area contributed by atoms with Crippen LogP contribution >= 0.6 is 12.2 Å². The van der Waals surface area contributed by atoms with Crippen LogP contribution in [-0.2, 0) is 11.8 Å². The maximum atomic E-state index is 11.3. The first-order chi connectivity index (χ1) is 13.5. The number of rotatable bonds is 4. The summed E-state index contributed by atoms with van der Waals surface area (Å²) in [6.45, 7) is 1.50. The molecule has 1 amide bonds. The van der Waals surface area contributed by atoms with Gasteiger partial charge in [0.15, 0.2) is 5.11 Å². The predicted octanol–water partition coefficient (Wildman–Crippen LogP) is 3.56. The van der Waals surface area contributed by atoms with E-state index < -0.39 is 0 Å². The van der Waals surface area contributed by atoms with Crippen LogP contribution in [0, 0.1) is 0 Å². The van der Waals surface area contributed by atoms with Crippen molar-refractivity contribution >= 4 is 34.6 Å². The van der Waals surface area contributed by atoms with Crippen molar-refractivity contribution in [2.24, 2.45) is 7.05 Å². The Morgan fingerprint density at radius 2 is 1.93 bits per heavy atom. The third-order valence-electron chi connectivity index (χ3n) is 4.85. The van der Waals surface area contributed by atoms with E-state index in [1.165, 1.54) is 6.92 Å². The van der Waals surface area contributed by atoms with Crippen molar-refractivity contribution in [2.45, 2.75) is 19.0 Å². The molecule has 1 fully saturated rings. The highest BCUT2D eigenvalue weighted by Gasteiger charge is 2.41. The monoisotopic (exact) mass is 391 g/mol. The summed E-state index contributed by atoms with van der Waals surface area (Å²) < 4.78 is 2.11. The van der Waals surface area contributed by atoms with Crippen molar-refractivity contribution in [1.82, 2.24) is 14.9 Å². The average Bonchev–Trinajstić information content (AvgIpc) is 3.25. The zero-order chi connectivity index (χ0) is 19.7. The molecule has 3 aromatic rings. The standard InChI is InChI=1S/C21H21N5OS/c1-14(27)23-15-8-10-16(11-9-15)26-20(18-7-5-13-25(18)2)19(24-21(26)28)17-6-3-4-12-22-17/h3-13,19-20H,1-2H3,(H,23,27)(H,24,28)/t19-,20-/m1/s1. The number of hydrogen-bond donors (Lipinski definition) is 2. The van der Waals surface area contributed by atoms with Gasteiger partial charge >= 0.3 is 0 Å². The zero-order valence-corrected chi connectivity index (χ0v) is 16.5. The van der Waals surface area contributed by atoms with Gasteiger partial charge in [0.05, 0.1) is 11.7 Å². The van der Waals surface area contributed by atoms with Crippen molar-refractivity contribution in [2.75, 3.05) is 10.2 Å². The molecule has 2 atom stereocenters. The zero-order valence-electron chi connectivity index (χ0n) is 15.7. The number of hydrogen-bond acceptors (Lipinski definition) is 3. The molecule has 2 aromatic heterocycles. The van der Waals surface area contributed by atoms with Gasteiger partial charge in [0.25, 0.3) is 0 Å². The molecule has 0 spiro atoms. The maximum absolute atomic E-state index is 11.3. The number of anilines is 2. The highest BCUT2D eigenvalue weighted by Crippen LogP contribution is 2.41. The number of carbonyl (C=O) groups is 1. The molecule has 0 aliphatic carbocycles. The molecule has 0 bridgehead atoms. The summed E-state index contributed by atoms with van der Waals surface area (Å²) in [5, 5.41) is 6.89. The van der Waals surface area contributed by atoms with Gasteiger partial charge in [-0.05, 0) is 60.7 Å². The first-order valence-corrected chi connectivity index (χ1v) is 9.45. The Balaban J connectivity index is 1.75. The Labute approximate surface area is 169 Å². The van der Waals surface area contributed by atoms with Gasteiger partial charge in [-0.3, -0.25) is 9.78 Å². The van der Waals surface area contributed by atoms with E-state index in [-0.39, 0.29) is 18.0 Å². The minimum absolute atomic E-state index is 0.0472. The van der Waals surface area contributed by atoms with Gasteiger partial charge in [-0.15, -0.1) is 0 Å². The van der Waals surface area contributed by atoms with E-state index in [2.05, 4.69) is 31.2 Å². The van der Waals surface area contributed by atoms with Gasteiger partial charge in [0, 0.05) is 43.4 Å². The molecule has 142 valence electrons. The topological polar surface area (TPSA) is 62.2 Å². The largest absolute Gasteiger partial charge is 0.353 e. The van der Waals surface area contributed by atoms with Crippen LogP contribution in [0.1, 0.15) is 30.4 Å². The Bertz CT molecular complexity index is 999. The minimum atomic E-state index is -0.0944. The predicted molar refractivity (Wildman–Crippen MR) is 114 cm³/mol. The smallest absolute Gasteiger partial charge is 0.221 e. The first-order valence-electron chi connectivity index (χ1n) is 9.04. The summed E-state index contributed by atoms with van der Waals surface area (Å²) in [7, 11) is 2.03. The summed E-state index contributed by atoms with van der Waals surface area (Å²) in [6, 6.07) is 17.6. The van der Waals surface area contributed by atoms with Crippen LogP contribution in [0.3, 0.4) is 0 Å². The molecule has 4 rings (SSSR count). The Morgan fingerprint density at radius 3 is 2.54 bits per heavy atom. The number of benzene rings is 1. The minimum Gasteiger partial charge on any atom is -0.353 e. The fourth-order valence-corrected chi connectivity index (χ4v) is 3.97. The second-order valence-electron chi connectivity index (χ2n) is 6.77. The van der Waals surface area contributed by atoms with Gasteiger partial charge in [-0.25, -0.2) is 0 Å².